The number of hydrogen-bond acceptors (Lipinski definition) is 2. The largest absolute Gasteiger partial charge is 0.385 e. The molecule has 1 aliphatic rings. The Bertz CT molecular complexity index is 1120. The van der Waals surface area contributed by atoms with Crippen molar-refractivity contribution in [3.63, 3.8) is 0 Å². The van der Waals surface area contributed by atoms with Crippen molar-refractivity contribution in [1.29, 1.82) is 0 Å². The van der Waals surface area contributed by atoms with Gasteiger partial charge in [-0.25, -0.2) is 0 Å². The molecule has 160 valence electrons. The van der Waals surface area contributed by atoms with E-state index in [1.165, 1.54) is 22.0 Å². The Hall–Kier alpha value is -2.59. The maximum Gasteiger partial charge on any atom is 0.0927 e. The Labute approximate surface area is 190 Å². The van der Waals surface area contributed by atoms with Crippen LogP contribution >= 0.6 is 12.4 Å². The monoisotopic (exact) mass is 432 g/mol. The summed E-state index contributed by atoms with van der Waals surface area (Å²) in [6.07, 6.45) is 3.68. The molecule has 1 N–H and O–H groups in total. The Morgan fingerprint density at radius 2 is 1.32 bits per heavy atom. The molecule has 3 aromatic carbocycles. The van der Waals surface area contributed by atoms with Gasteiger partial charge in [-0.3, -0.25) is 4.90 Å². The molecule has 0 atom stereocenters. The van der Waals surface area contributed by atoms with Gasteiger partial charge in [-0.1, -0.05) is 72.8 Å². The molecule has 0 bridgehead atoms. The fourth-order valence-corrected chi connectivity index (χ4v) is 4.74. The highest BCUT2D eigenvalue weighted by Gasteiger charge is 2.35. The zero-order chi connectivity index (χ0) is 20.4. The summed E-state index contributed by atoms with van der Waals surface area (Å²) in [7, 11) is 0. The Morgan fingerprint density at radius 1 is 0.710 bits per heavy atom. The lowest BCUT2D eigenvalue weighted by atomic mass is 9.82. The Balaban J connectivity index is 0.00000231. The second-order valence-corrected chi connectivity index (χ2v) is 8.46. The standard InChI is InChI=1S/C27H28N2O.ClH/c30-27(15-18-28(19-16-27)20-22-8-3-1-4-9-22)25-12-7-13-26-24(25)14-17-29(26)21-23-10-5-2-6-11-23;/h1-14,17,30H,15-16,18-21H2;1H. The third kappa shape index (κ3) is 4.54. The van der Waals surface area contributed by atoms with E-state index >= 15 is 0 Å². The maximum absolute atomic E-state index is 11.6. The Morgan fingerprint density at radius 3 is 1.97 bits per heavy atom. The van der Waals surface area contributed by atoms with Crippen molar-refractivity contribution in [3.05, 3.63) is 108 Å². The van der Waals surface area contributed by atoms with E-state index in [0.717, 1.165) is 44.6 Å². The quantitative estimate of drug-likeness (QED) is 0.445. The molecule has 0 amide bonds. The van der Waals surface area contributed by atoms with Crippen LogP contribution in [0.3, 0.4) is 0 Å². The van der Waals surface area contributed by atoms with Crippen molar-refractivity contribution >= 4 is 23.3 Å². The number of halogens is 1. The number of rotatable bonds is 5. The molecule has 4 aromatic rings. The molecule has 2 heterocycles. The van der Waals surface area contributed by atoms with E-state index in [-0.39, 0.29) is 12.4 Å². The molecule has 0 radical (unpaired) electrons. The van der Waals surface area contributed by atoms with Gasteiger partial charge in [-0.05, 0) is 41.7 Å². The number of piperidine rings is 1. The molecule has 1 fully saturated rings. The van der Waals surface area contributed by atoms with Gasteiger partial charge in [-0.2, -0.15) is 0 Å². The molecule has 0 aliphatic carbocycles. The number of aliphatic hydroxyl groups is 1. The van der Waals surface area contributed by atoms with Gasteiger partial charge in [0.15, 0.2) is 0 Å². The van der Waals surface area contributed by atoms with Crippen LogP contribution in [0.1, 0.15) is 29.5 Å². The van der Waals surface area contributed by atoms with Crippen LogP contribution in [0.4, 0.5) is 0 Å². The number of hydrogen-bond donors (Lipinski definition) is 1. The summed E-state index contributed by atoms with van der Waals surface area (Å²) in [5.41, 5.74) is 4.13. The van der Waals surface area contributed by atoms with Crippen LogP contribution in [0.25, 0.3) is 10.9 Å². The van der Waals surface area contributed by atoms with Crippen molar-refractivity contribution < 1.29 is 5.11 Å². The number of aromatic nitrogens is 1. The maximum atomic E-state index is 11.6. The fourth-order valence-electron chi connectivity index (χ4n) is 4.74. The minimum absolute atomic E-state index is 0. The second-order valence-electron chi connectivity index (χ2n) is 8.46. The summed E-state index contributed by atoms with van der Waals surface area (Å²) in [5, 5.41) is 12.8. The summed E-state index contributed by atoms with van der Waals surface area (Å²) in [4.78, 5) is 2.45. The van der Waals surface area contributed by atoms with Crippen molar-refractivity contribution in [2.45, 2.75) is 31.5 Å². The molecule has 5 rings (SSSR count). The fraction of sp³-hybridized carbons (Fsp3) is 0.259. The predicted molar refractivity (Wildman–Crippen MR) is 130 cm³/mol. The molecule has 31 heavy (non-hydrogen) atoms. The van der Waals surface area contributed by atoms with Gasteiger partial charge < -0.3 is 9.67 Å². The lowest BCUT2D eigenvalue weighted by Crippen LogP contribution is -2.42. The summed E-state index contributed by atoms with van der Waals surface area (Å²) < 4.78 is 2.28. The first-order chi connectivity index (χ1) is 14.7. The minimum atomic E-state index is -0.758. The minimum Gasteiger partial charge on any atom is -0.385 e. The van der Waals surface area contributed by atoms with Crippen LogP contribution in [0.5, 0.6) is 0 Å². The summed E-state index contributed by atoms with van der Waals surface area (Å²) in [6.45, 7) is 3.62. The first-order valence-corrected chi connectivity index (χ1v) is 10.8. The Kier molecular flexibility index (Phi) is 6.47. The molecule has 0 saturated carbocycles. The third-order valence-electron chi connectivity index (χ3n) is 6.44. The SMILES string of the molecule is Cl.OC1(c2cccc3c2ccn3Cc2ccccc2)CCN(Cc2ccccc2)CC1. The highest BCUT2D eigenvalue weighted by Crippen LogP contribution is 2.37. The van der Waals surface area contributed by atoms with Crippen LogP contribution in [-0.4, -0.2) is 27.7 Å². The van der Waals surface area contributed by atoms with Crippen molar-refractivity contribution in [3.8, 4) is 0 Å². The highest BCUT2D eigenvalue weighted by molar-refractivity contribution is 5.85. The molecular formula is C27H29ClN2O. The molecule has 1 saturated heterocycles. The number of benzene rings is 3. The van der Waals surface area contributed by atoms with E-state index in [2.05, 4.69) is 101 Å². The lowest BCUT2D eigenvalue weighted by Gasteiger charge is -2.39. The molecular weight excluding hydrogens is 404 g/mol. The first-order valence-electron chi connectivity index (χ1n) is 10.8. The van der Waals surface area contributed by atoms with E-state index in [1.807, 2.05) is 0 Å². The summed E-state index contributed by atoms with van der Waals surface area (Å²) in [5.74, 6) is 0. The van der Waals surface area contributed by atoms with E-state index in [4.69, 9.17) is 0 Å². The average molecular weight is 433 g/mol. The second kappa shape index (κ2) is 9.27. The van der Waals surface area contributed by atoms with Crippen molar-refractivity contribution in [2.75, 3.05) is 13.1 Å². The van der Waals surface area contributed by atoms with Crippen LogP contribution in [-0.2, 0) is 18.7 Å². The smallest absolute Gasteiger partial charge is 0.0927 e. The van der Waals surface area contributed by atoms with Crippen molar-refractivity contribution in [2.24, 2.45) is 0 Å². The highest BCUT2D eigenvalue weighted by atomic mass is 35.5. The van der Waals surface area contributed by atoms with E-state index in [0.29, 0.717) is 0 Å². The zero-order valence-corrected chi connectivity index (χ0v) is 18.5. The third-order valence-corrected chi connectivity index (χ3v) is 6.44. The molecule has 4 heteroatoms. The van der Waals surface area contributed by atoms with E-state index < -0.39 is 5.60 Å². The van der Waals surface area contributed by atoms with Crippen LogP contribution in [0.2, 0.25) is 0 Å². The van der Waals surface area contributed by atoms with Gasteiger partial charge >= 0.3 is 0 Å². The normalized spacial score (nSPS) is 16.2. The molecule has 1 aliphatic heterocycles. The van der Waals surface area contributed by atoms with Crippen LogP contribution < -0.4 is 0 Å². The molecule has 0 unspecified atom stereocenters. The number of fused-ring (bicyclic) bond motifs is 1. The molecule has 1 aromatic heterocycles. The zero-order valence-electron chi connectivity index (χ0n) is 17.7. The number of likely N-dealkylation sites (tertiary alicyclic amines) is 1. The van der Waals surface area contributed by atoms with Gasteiger partial charge in [-0.15, -0.1) is 12.4 Å². The van der Waals surface area contributed by atoms with Gasteiger partial charge in [0.05, 0.1) is 5.60 Å². The molecule has 3 nitrogen and oxygen atoms in total. The average Bonchev–Trinajstić information content (AvgIpc) is 3.20. The predicted octanol–water partition coefficient (Wildman–Crippen LogP) is 5.60. The summed E-state index contributed by atoms with van der Waals surface area (Å²) in [6, 6.07) is 29.7. The topological polar surface area (TPSA) is 28.4 Å². The first kappa shape index (κ1) is 21.6. The van der Waals surface area contributed by atoms with Crippen LogP contribution in [0.15, 0.2) is 91.1 Å². The number of nitrogens with zero attached hydrogens (tertiary/aromatic N) is 2. The van der Waals surface area contributed by atoms with Gasteiger partial charge in [0.1, 0.15) is 0 Å². The lowest BCUT2D eigenvalue weighted by molar-refractivity contribution is -0.0265. The van der Waals surface area contributed by atoms with E-state index in [9.17, 15) is 5.11 Å². The van der Waals surface area contributed by atoms with Gasteiger partial charge in [0.2, 0.25) is 0 Å². The summed E-state index contributed by atoms with van der Waals surface area (Å²) >= 11 is 0. The van der Waals surface area contributed by atoms with Gasteiger partial charge in [0, 0.05) is 43.3 Å². The molecule has 0 spiro atoms. The van der Waals surface area contributed by atoms with Crippen molar-refractivity contribution in [1.82, 2.24) is 9.47 Å². The van der Waals surface area contributed by atoms with Gasteiger partial charge in [0.25, 0.3) is 0 Å². The van der Waals surface area contributed by atoms with Crippen LogP contribution in [0, 0.1) is 0 Å². The van der Waals surface area contributed by atoms with E-state index in [1.54, 1.807) is 0 Å².